The fourth-order valence-corrected chi connectivity index (χ4v) is 7.54. The lowest BCUT2D eigenvalue weighted by Crippen LogP contribution is -2.61. The number of aliphatic imine (C=N–C) groups is 1. The maximum Gasteiger partial charge on any atom is 0.326 e. The molecular formula is C38H43Cl2N7O3S. The quantitative estimate of drug-likeness (QED) is 0.197. The first-order valence-corrected chi connectivity index (χ1v) is 18.6. The van der Waals surface area contributed by atoms with E-state index in [0.717, 1.165) is 16.8 Å². The van der Waals surface area contributed by atoms with Gasteiger partial charge < -0.3 is 15.0 Å². The molecule has 268 valence electrons. The largest absolute Gasteiger partial charge is 0.493 e. The Labute approximate surface area is 313 Å². The van der Waals surface area contributed by atoms with Gasteiger partial charge in [0.05, 0.1) is 30.4 Å². The van der Waals surface area contributed by atoms with E-state index in [1.807, 2.05) is 71.3 Å². The van der Waals surface area contributed by atoms with Gasteiger partial charge in [-0.15, -0.1) is 11.3 Å². The second-order valence-corrected chi connectivity index (χ2v) is 15.9. The average molecular weight is 749 g/mol. The number of piperazine rings is 1. The summed E-state index contributed by atoms with van der Waals surface area (Å²) in [6.07, 6.45) is 3.41. The highest BCUT2D eigenvalue weighted by molar-refractivity contribution is 7.14. The number of amidine groups is 1. The second-order valence-electron chi connectivity index (χ2n) is 14.1. The van der Waals surface area contributed by atoms with Crippen molar-refractivity contribution in [2.45, 2.75) is 58.0 Å². The number of amides is 3. The zero-order chi connectivity index (χ0) is 36.6. The van der Waals surface area contributed by atoms with Crippen LogP contribution < -0.4 is 10.1 Å². The third-order valence-electron chi connectivity index (χ3n) is 9.82. The fraction of sp³-hybridized carbons (Fsp3) is 0.395. The number of carbonyl (C=O) groups is 2. The highest BCUT2D eigenvalue weighted by atomic mass is 35.5. The Bertz CT molecular complexity index is 1910. The van der Waals surface area contributed by atoms with Crippen LogP contribution in [0.3, 0.4) is 0 Å². The van der Waals surface area contributed by atoms with Gasteiger partial charge in [0.1, 0.15) is 27.7 Å². The molecule has 1 fully saturated rings. The summed E-state index contributed by atoms with van der Waals surface area (Å²) in [4.78, 5) is 48.1. The minimum Gasteiger partial charge on any atom is -0.493 e. The summed E-state index contributed by atoms with van der Waals surface area (Å²) in [7, 11) is 0. The summed E-state index contributed by atoms with van der Waals surface area (Å²) in [5.41, 5.74) is 2.63. The zero-order valence-corrected chi connectivity index (χ0v) is 32.1. The highest BCUT2D eigenvalue weighted by Crippen LogP contribution is 2.54. The van der Waals surface area contributed by atoms with Crippen molar-refractivity contribution in [3.05, 3.63) is 105 Å². The van der Waals surface area contributed by atoms with Crippen LogP contribution in [0.2, 0.25) is 10.0 Å². The molecule has 4 heterocycles. The smallest absolute Gasteiger partial charge is 0.326 e. The van der Waals surface area contributed by atoms with E-state index < -0.39 is 11.1 Å². The van der Waals surface area contributed by atoms with E-state index in [2.05, 4.69) is 49.8 Å². The van der Waals surface area contributed by atoms with Crippen LogP contribution in [0.15, 0.2) is 77.5 Å². The molecule has 0 aliphatic carbocycles. The first-order valence-electron chi connectivity index (χ1n) is 17.0. The number of nitrogens with one attached hydrogen (secondary N) is 1. The molecule has 2 aliphatic rings. The van der Waals surface area contributed by atoms with Crippen LogP contribution in [0.5, 0.6) is 5.75 Å². The van der Waals surface area contributed by atoms with Crippen molar-refractivity contribution in [3.8, 4) is 5.75 Å². The molecule has 0 bridgehead atoms. The standard InChI is InChI=1S/C38H43Cl2N7O3S/c1-7-50-30-20-31(36(2,3)4)42-21-29(30)34-44-37(5,25-8-12-27(39)13-9-25)38(6,26-10-14-28(40)15-11-26)47(34)35(49)46-18-16-45(17-19-46)23-32(48)43-33-22-41-24-51-33/h8-15,20-22,24H,7,16-19,23H2,1-6H3,(H,43,48)/t37-,38-/m1/s1. The van der Waals surface area contributed by atoms with Crippen molar-refractivity contribution < 1.29 is 14.3 Å². The van der Waals surface area contributed by atoms with Crippen LogP contribution in [-0.4, -0.2) is 81.8 Å². The number of halogens is 2. The van der Waals surface area contributed by atoms with Crippen LogP contribution in [0, 0.1) is 0 Å². The molecule has 4 aromatic rings. The van der Waals surface area contributed by atoms with Crippen molar-refractivity contribution in [2.75, 3.05) is 44.6 Å². The van der Waals surface area contributed by atoms with Gasteiger partial charge >= 0.3 is 6.03 Å². The van der Waals surface area contributed by atoms with Crippen molar-refractivity contribution in [1.82, 2.24) is 24.7 Å². The Kier molecular flexibility index (Phi) is 10.5. The van der Waals surface area contributed by atoms with Crippen molar-refractivity contribution >= 4 is 57.3 Å². The van der Waals surface area contributed by atoms with Gasteiger partial charge in [0.2, 0.25) is 5.91 Å². The lowest BCUT2D eigenvalue weighted by molar-refractivity contribution is -0.117. The number of thiazole rings is 1. The Morgan fingerprint density at radius 3 is 2.14 bits per heavy atom. The molecule has 3 amide bonds. The summed E-state index contributed by atoms with van der Waals surface area (Å²) in [5, 5.41) is 4.79. The molecule has 51 heavy (non-hydrogen) atoms. The lowest BCUT2D eigenvalue weighted by Gasteiger charge is -2.47. The zero-order valence-electron chi connectivity index (χ0n) is 29.7. The highest BCUT2D eigenvalue weighted by Gasteiger charge is 2.60. The molecule has 1 N–H and O–H groups in total. The number of carbonyl (C=O) groups excluding carboxylic acids is 2. The third-order valence-corrected chi connectivity index (χ3v) is 11.0. The van der Waals surface area contributed by atoms with E-state index in [4.69, 9.17) is 37.9 Å². The Hall–Kier alpha value is -4.03. The van der Waals surface area contributed by atoms with Crippen LogP contribution in [0.1, 0.15) is 63.9 Å². The molecule has 2 aliphatic heterocycles. The summed E-state index contributed by atoms with van der Waals surface area (Å²) in [6.45, 7) is 14.9. The lowest BCUT2D eigenvalue weighted by atomic mass is 9.71. The summed E-state index contributed by atoms with van der Waals surface area (Å²) >= 11 is 14.2. The number of ether oxygens (including phenoxy) is 1. The Morgan fingerprint density at radius 1 is 0.941 bits per heavy atom. The van der Waals surface area contributed by atoms with Gasteiger partial charge in [-0.2, -0.15) is 0 Å². The molecule has 0 saturated carbocycles. The van der Waals surface area contributed by atoms with E-state index in [1.54, 1.807) is 17.9 Å². The number of rotatable bonds is 8. The summed E-state index contributed by atoms with van der Waals surface area (Å²) in [5.74, 6) is 0.943. The van der Waals surface area contributed by atoms with E-state index >= 15 is 4.79 Å². The van der Waals surface area contributed by atoms with Crippen LogP contribution in [0.4, 0.5) is 9.80 Å². The molecule has 13 heteroatoms. The minimum absolute atomic E-state index is 0.114. The topological polar surface area (TPSA) is 103 Å². The SMILES string of the molecule is CCOc1cc(C(C)(C)C)ncc1C1=N[C@](C)(c2ccc(Cl)cc2)[C@@](C)(c2ccc(Cl)cc2)N1C(=O)N1CCN(CC(=O)Nc2cncs2)CC1. The molecule has 0 unspecified atom stereocenters. The first kappa shape index (κ1) is 36.8. The molecule has 0 radical (unpaired) electrons. The van der Waals surface area contributed by atoms with Gasteiger partial charge in [-0.1, -0.05) is 68.2 Å². The van der Waals surface area contributed by atoms with Crippen LogP contribution >= 0.6 is 34.5 Å². The maximum atomic E-state index is 15.2. The molecule has 1 saturated heterocycles. The number of anilines is 1. The van der Waals surface area contributed by atoms with E-state index in [1.165, 1.54) is 11.3 Å². The van der Waals surface area contributed by atoms with Gasteiger partial charge in [-0.3, -0.25) is 29.6 Å². The maximum absolute atomic E-state index is 15.2. The normalized spacial score (nSPS) is 21.1. The molecule has 2 atom stereocenters. The number of urea groups is 1. The fourth-order valence-electron chi connectivity index (χ4n) is 6.75. The molecule has 6 rings (SSSR count). The van der Waals surface area contributed by atoms with Crippen LogP contribution in [-0.2, 0) is 21.3 Å². The molecule has 10 nitrogen and oxygen atoms in total. The van der Waals surface area contributed by atoms with Crippen molar-refractivity contribution in [3.63, 3.8) is 0 Å². The molecule has 2 aromatic heterocycles. The molecule has 0 spiro atoms. The summed E-state index contributed by atoms with van der Waals surface area (Å²) < 4.78 is 6.27. The molecule has 2 aromatic carbocycles. The number of hydrogen-bond acceptors (Lipinski definition) is 8. The summed E-state index contributed by atoms with van der Waals surface area (Å²) in [6, 6.07) is 17.0. The monoisotopic (exact) mass is 747 g/mol. The number of benzene rings is 2. The van der Waals surface area contributed by atoms with Crippen molar-refractivity contribution in [2.24, 2.45) is 4.99 Å². The predicted octanol–water partition coefficient (Wildman–Crippen LogP) is 7.81. The first-order chi connectivity index (χ1) is 24.2. The number of hydrogen-bond donors (Lipinski definition) is 1. The number of pyridine rings is 1. The predicted molar refractivity (Wildman–Crippen MR) is 204 cm³/mol. The number of aromatic nitrogens is 2. The van der Waals surface area contributed by atoms with Crippen LogP contribution in [0.25, 0.3) is 0 Å². The minimum atomic E-state index is -1.05. The van der Waals surface area contributed by atoms with Gasteiger partial charge in [-0.05, 0) is 56.2 Å². The van der Waals surface area contributed by atoms with Gasteiger partial charge in [0, 0.05) is 59.6 Å². The van der Waals surface area contributed by atoms with Crippen molar-refractivity contribution in [1.29, 1.82) is 0 Å². The second kappa shape index (κ2) is 14.5. The van der Waals surface area contributed by atoms with Gasteiger partial charge in [0.25, 0.3) is 0 Å². The third kappa shape index (κ3) is 7.22. The van der Waals surface area contributed by atoms with E-state index in [0.29, 0.717) is 65.0 Å². The van der Waals surface area contributed by atoms with Gasteiger partial charge in [-0.25, -0.2) is 4.79 Å². The average Bonchev–Trinajstić information content (AvgIpc) is 3.69. The number of nitrogens with zero attached hydrogens (tertiary/aromatic N) is 6. The van der Waals surface area contributed by atoms with E-state index in [9.17, 15) is 4.79 Å². The Balaban J connectivity index is 1.43. The van der Waals surface area contributed by atoms with Gasteiger partial charge in [0.15, 0.2) is 0 Å². The Morgan fingerprint density at radius 2 is 1.57 bits per heavy atom. The van der Waals surface area contributed by atoms with E-state index in [-0.39, 0.29) is 23.9 Å². The molecular weight excluding hydrogens is 705 g/mol.